The van der Waals surface area contributed by atoms with E-state index in [0.717, 1.165) is 37.3 Å². The molecule has 0 radical (unpaired) electrons. The second kappa shape index (κ2) is 8.23. The Morgan fingerprint density at radius 3 is 2.74 bits per heavy atom. The molecule has 1 aliphatic heterocycles. The van der Waals surface area contributed by atoms with Crippen LogP contribution in [0.3, 0.4) is 0 Å². The SMILES string of the molecule is COc1ccc2c3c1O[C@@H]1C(OC(=O)C[C@H](OC(=O)[C@H](C)O)C(=O)O)=CC[C@]4(O)[C@@H](CCC[C@@]314)C2. The molecular formula is C25H28O10. The van der Waals surface area contributed by atoms with Crippen LogP contribution >= 0.6 is 0 Å². The number of carboxylic acid groups (broad SMARTS) is 1. The number of esters is 2. The number of hydrogen-bond acceptors (Lipinski definition) is 9. The van der Waals surface area contributed by atoms with Crippen molar-refractivity contribution in [2.75, 3.05) is 7.11 Å². The molecule has 1 fully saturated rings. The number of hydrogen-bond donors (Lipinski definition) is 3. The van der Waals surface area contributed by atoms with Crippen LogP contribution in [0.1, 0.15) is 50.2 Å². The first-order valence-electron chi connectivity index (χ1n) is 11.7. The first-order chi connectivity index (χ1) is 16.6. The van der Waals surface area contributed by atoms with Gasteiger partial charge in [-0.05, 0) is 56.2 Å². The van der Waals surface area contributed by atoms with Crippen molar-refractivity contribution >= 4 is 17.9 Å². The van der Waals surface area contributed by atoms with Gasteiger partial charge in [-0.3, -0.25) is 4.79 Å². The number of aliphatic hydroxyl groups excluding tert-OH is 1. The van der Waals surface area contributed by atoms with Gasteiger partial charge in [0, 0.05) is 5.56 Å². The van der Waals surface area contributed by atoms with Crippen LogP contribution in [-0.4, -0.2) is 64.3 Å². The Hall–Kier alpha value is -3.11. The molecule has 1 aromatic rings. The molecule has 1 aromatic carbocycles. The zero-order chi connectivity index (χ0) is 25.1. The molecule has 1 spiro atoms. The van der Waals surface area contributed by atoms with E-state index in [1.54, 1.807) is 6.08 Å². The summed E-state index contributed by atoms with van der Waals surface area (Å²) in [6.07, 6.45) is 0.118. The predicted octanol–water partition coefficient (Wildman–Crippen LogP) is 1.38. The fraction of sp³-hybridized carbons (Fsp3) is 0.560. The van der Waals surface area contributed by atoms with E-state index in [1.165, 1.54) is 7.11 Å². The van der Waals surface area contributed by atoms with Crippen molar-refractivity contribution in [3.63, 3.8) is 0 Å². The molecule has 5 rings (SSSR count). The molecule has 3 aliphatic carbocycles. The number of carbonyl (C=O) groups excluding carboxylic acids is 2. The highest BCUT2D eigenvalue weighted by Crippen LogP contribution is 2.67. The van der Waals surface area contributed by atoms with E-state index in [0.29, 0.717) is 17.9 Å². The van der Waals surface area contributed by atoms with Gasteiger partial charge >= 0.3 is 17.9 Å². The van der Waals surface area contributed by atoms with Crippen molar-refractivity contribution in [1.29, 1.82) is 0 Å². The topological polar surface area (TPSA) is 149 Å². The van der Waals surface area contributed by atoms with Gasteiger partial charge in [0.15, 0.2) is 17.6 Å². The van der Waals surface area contributed by atoms with E-state index in [2.05, 4.69) is 0 Å². The summed E-state index contributed by atoms with van der Waals surface area (Å²) in [5.41, 5.74) is 0.0905. The fourth-order valence-electron chi connectivity index (χ4n) is 6.42. The number of methoxy groups -OCH3 is 1. The van der Waals surface area contributed by atoms with Crippen LogP contribution < -0.4 is 9.47 Å². The van der Waals surface area contributed by atoms with Crippen molar-refractivity contribution in [2.45, 2.75) is 74.8 Å². The summed E-state index contributed by atoms with van der Waals surface area (Å²) in [7, 11) is 1.54. The molecule has 10 nitrogen and oxygen atoms in total. The third-order valence-electron chi connectivity index (χ3n) is 7.93. The first-order valence-corrected chi connectivity index (χ1v) is 11.7. The lowest BCUT2D eigenvalue weighted by molar-refractivity contribution is -0.174. The van der Waals surface area contributed by atoms with Crippen molar-refractivity contribution in [3.05, 3.63) is 35.1 Å². The number of benzene rings is 1. The van der Waals surface area contributed by atoms with E-state index >= 15 is 0 Å². The summed E-state index contributed by atoms with van der Waals surface area (Å²) < 4.78 is 22.2. The lowest BCUT2D eigenvalue weighted by atomic mass is 9.47. The maximum Gasteiger partial charge on any atom is 0.345 e. The highest BCUT2D eigenvalue weighted by molar-refractivity contribution is 5.84. The van der Waals surface area contributed by atoms with Gasteiger partial charge in [-0.2, -0.15) is 0 Å². The molecular weight excluding hydrogens is 460 g/mol. The van der Waals surface area contributed by atoms with E-state index < -0.39 is 53.7 Å². The zero-order valence-corrected chi connectivity index (χ0v) is 19.5. The molecule has 2 bridgehead atoms. The Labute approximate surface area is 201 Å². The van der Waals surface area contributed by atoms with Crippen molar-refractivity contribution in [1.82, 2.24) is 0 Å². The van der Waals surface area contributed by atoms with Crippen molar-refractivity contribution < 1.29 is 48.7 Å². The predicted molar refractivity (Wildman–Crippen MR) is 118 cm³/mol. The molecule has 0 amide bonds. The van der Waals surface area contributed by atoms with Gasteiger partial charge in [-0.25, -0.2) is 9.59 Å². The molecule has 6 atom stereocenters. The normalized spacial score (nSPS) is 31.3. The Kier molecular flexibility index (Phi) is 5.56. The molecule has 1 saturated carbocycles. The summed E-state index contributed by atoms with van der Waals surface area (Å²) in [6, 6.07) is 3.84. The Balaban J connectivity index is 1.46. The number of ether oxygens (including phenoxy) is 4. The van der Waals surface area contributed by atoms with E-state index in [4.69, 9.17) is 18.9 Å². The minimum Gasteiger partial charge on any atom is -0.493 e. The second-order valence-electron chi connectivity index (χ2n) is 9.75. The third kappa shape index (κ3) is 3.34. The molecule has 4 aliphatic rings. The molecule has 10 heteroatoms. The number of aliphatic carboxylic acids is 1. The standard InChI is InChI=1S/C25H28O10/c1-12(26)23(30)34-17(22(28)29)11-18(27)33-16-7-9-25(31)14-4-3-8-24(25)19-13(10-14)5-6-15(32-2)20(19)35-21(16)24/h5-7,12,14,17,21,26,31H,3-4,8-11H2,1-2H3,(H,28,29)/t12-,14-,17-,21+,24+,25-/m0/s1. The van der Waals surface area contributed by atoms with Crippen LogP contribution in [0.2, 0.25) is 0 Å². The van der Waals surface area contributed by atoms with E-state index in [-0.39, 0.29) is 18.1 Å². The Bertz CT molecular complexity index is 1120. The number of carbonyl (C=O) groups is 3. The molecule has 35 heavy (non-hydrogen) atoms. The van der Waals surface area contributed by atoms with Crippen LogP contribution in [0.4, 0.5) is 0 Å². The highest BCUT2D eigenvalue weighted by Gasteiger charge is 2.70. The van der Waals surface area contributed by atoms with Crippen LogP contribution in [0.25, 0.3) is 0 Å². The number of aliphatic hydroxyl groups is 2. The highest BCUT2D eigenvalue weighted by atomic mass is 16.6. The molecule has 3 N–H and O–H groups in total. The van der Waals surface area contributed by atoms with Crippen molar-refractivity contribution in [2.24, 2.45) is 5.92 Å². The summed E-state index contributed by atoms with van der Waals surface area (Å²) in [5, 5.41) is 30.7. The Morgan fingerprint density at radius 1 is 1.29 bits per heavy atom. The first kappa shape index (κ1) is 23.6. The summed E-state index contributed by atoms with van der Waals surface area (Å²) >= 11 is 0. The van der Waals surface area contributed by atoms with Crippen LogP contribution in [0, 0.1) is 5.92 Å². The van der Waals surface area contributed by atoms with Gasteiger partial charge in [0.05, 0.1) is 24.5 Å². The van der Waals surface area contributed by atoms with E-state index in [9.17, 15) is 29.7 Å². The van der Waals surface area contributed by atoms with Crippen LogP contribution in [0.5, 0.6) is 11.5 Å². The largest absolute Gasteiger partial charge is 0.493 e. The lowest BCUT2D eigenvalue weighted by Gasteiger charge is -2.59. The lowest BCUT2D eigenvalue weighted by Crippen LogP contribution is -2.67. The maximum atomic E-state index is 12.8. The van der Waals surface area contributed by atoms with Gasteiger partial charge in [-0.15, -0.1) is 0 Å². The minimum absolute atomic E-state index is 0.0268. The molecule has 0 aromatic heterocycles. The van der Waals surface area contributed by atoms with Crippen LogP contribution in [-0.2, 0) is 35.7 Å². The second-order valence-corrected chi connectivity index (χ2v) is 9.75. The molecule has 1 heterocycles. The molecule has 0 saturated heterocycles. The summed E-state index contributed by atoms with van der Waals surface area (Å²) in [6.45, 7) is 1.13. The molecule has 0 unspecified atom stereocenters. The van der Waals surface area contributed by atoms with E-state index in [1.807, 2.05) is 12.1 Å². The van der Waals surface area contributed by atoms with Crippen LogP contribution in [0.15, 0.2) is 24.0 Å². The number of carboxylic acids is 1. The fourth-order valence-corrected chi connectivity index (χ4v) is 6.42. The number of rotatable bonds is 7. The zero-order valence-electron chi connectivity index (χ0n) is 19.5. The third-order valence-corrected chi connectivity index (χ3v) is 7.93. The average molecular weight is 488 g/mol. The van der Waals surface area contributed by atoms with Crippen molar-refractivity contribution in [3.8, 4) is 11.5 Å². The summed E-state index contributed by atoms with van der Waals surface area (Å²) in [5.74, 6) is -2.35. The average Bonchev–Trinajstić information content (AvgIpc) is 3.15. The van der Waals surface area contributed by atoms with Gasteiger partial charge < -0.3 is 34.3 Å². The monoisotopic (exact) mass is 488 g/mol. The minimum atomic E-state index is -1.81. The van der Waals surface area contributed by atoms with Gasteiger partial charge in [-0.1, -0.05) is 12.5 Å². The van der Waals surface area contributed by atoms with Gasteiger partial charge in [0.1, 0.15) is 11.9 Å². The quantitative estimate of drug-likeness (QED) is 0.481. The van der Waals surface area contributed by atoms with Gasteiger partial charge in [0.2, 0.25) is 6.10 Å². The maximum absolute atomic E-state index is 12.8. The molecule has 188 valence electrons. The Morgan fingerprint density at radius 2 is 2.06 bits per heavy atom. The van der Waals surface area contributed by atoms with Gasteiger partial charge in [0.25, 0.3) is 0 Å². The smallest absolute Gasteiger partial charge is 0.345 e. The summed E-state index contributed by atoms with van der Waals surface area (Å²) in [4.78, 5) is 35.9.